The first-order valence-electron chi connectivity index (χ1n) is 9.29. The number of nitrogens with one attached hydrogen (secondary N) is 2. The van der Waals surface area contributed by atoms with Gasteiger partial charge in [0.05, 0.1) is 0 Å². The summed E-state index contributed by atoms with van der Waals surface area (Å²) in [5.74, 6) is 1.13. The molecule has 0 spiro atoms. The molecule has 2 N–H and O–H groups in total. The highest BCUT2D eigenvalue weighted by Crippen LogP contribution is 2.29. The van der Waals surface area contributed by atoms with Crippen LogP contribution >= 0.6 is 0 Å². The molecule has 4 nitrogen and oxygen atoms in total. The van der Waals surface area contributed by atoms with Gasteiger partial charge in [-0.05, 0) is 70.6 Å². The fourth-order valence-corrected chi connectivity index (χ4v) is 4.08. The molecular formula is C21H34N2O2. The van der Waals surface area contributed by atoms with E-state index in [1.165, 1.54) is 0 Å². The molecule has 0 saturated carbocycles. The summed E-state index contributed by atoms with van der Waals surface area (Å²) >= 11 is 0. The fourth-order valence-electron chi connectivity index (χ4n) is 4.08. The number of rotatable bonds is 5. The van der Waals surface area contributed by atoms with Gasteiger partial charge in [-0.3, -0.25) is 4.79 Å². The van der Waals surface area contributed by atoms with Crippen molar-refractivity contribution in [2.45, 2.75) is 84.3 Å². The normalized spacial score (nSPS) is 19.7. The van der Waals surface area contributed by atoms with Gasteiger partial charge in [0, 0.05) is 17.1 Å². The molecule has 0 aromatic heterocycles. The van der Waals surface area contributed by atoms with Crippen molar-refractivity contribution >= 4 is 5.91 Å². The van der Waals surface area contributed by atoms with Crippen LogP contribution in [0.4, 0.5) is 0 Å². The summed E-state index contributed by atoms with van der Waals surface area (Å²) in [5, 5.41) is 6.80. The lowest BCUT2D eigenvalue weighted by Crippen LogP contribution is -2.62. The lowest BCUT2D eigenvalue weighted by atomic mass is 9.79. The summed E-state index contributed by atoms with van der Waals surface area (Å²) in [4.78, 5) is 12.4. The monoisotopic (exact) mass is 346 g/mol. The lowest BCUT2D eigenvalue weighted by molar-refractivity contribution is -0.124. The summed E-state index contributed by atoms with van der Waals surface area (Å²) in [5.41, 5.74) is 2.31. The average molecular weight is 347 g/mol. The number of amides is 1. The van der Waals surface area contributed by atoms with Crippen molar-refractivity contribution in [3.05, 3.63) is 29.3 Å². The van der Waals surface area contributed by atoms with Gasteiger partial charge in [-0.25, -0.2) is 0 Å². The molecule has 140 valence electrons. The van der Waals surface area contributed by atoms with Gasteiger partial charge in [0.2, 0.25) is 0 Å². The molecule has 0 aliphatic carbocycles. The first-order valence-corrected chi connectivity index (χ1v) is 9.29. The van der Waals surface area contributed by atoms with E-state index in [0.717, 1.165) is 29.7 Å². The Morgan fingerprint density at radius 3 is 2.40 bits per heavy atom. The number of carbonyl (C=O) groups is 1. The van der Waals surface area contributed by atoms with E-state index in [2.05, 4.69) is 64.3 Å². The smallest absolute Gasteiger partial charge is 0.258 e. The van der Waals surface area contributed by atoms with E-state index in [1.807, 2.05) is 13.0 Å². The maximum absolute atomic E-state index is 12.4. The second-order valence-corrected chi connectivity index (χ2v) is 9.05. The number of hydrogen-bond acceptors (Lipinski definition) is 3. The third-order valence-electron chi connectivity index (χ3n) is 4.71. The lowest BCUT2D eigenvalue weighted by Gasteiger charge is -2.46. The predicted molar refractivity (Wildman–Crippen MR) is 103 cm³/mol. The van der Waals surface area contributed by atoms with Crippen LogP contribution < -0.4 is 15.4 Å². The predicted octanol–water partition coefficient (Wildman–Crippen LogP) is 3.92. The molecule has 1 aliphatic heterocycles. The van der Waals surface area contributed by atoms with Gasteiger partial charge in [0.15, 0.2) is 6.61 Å². The molecule has 1 aromatic rings. The van der Waals surface area contributed by atoms with Gasteiger partial charge < -0.3 is 15.4 Å². The first-order chi connectivity index (χ1) is 11.5. The number of aryl methyl sites for hydroxylation is 1. The highest BCUT2D eigenvalue weighted by molar-refractivity contribution is 5.78. The third-order valence-corrected chi connectivity index (χ3v) is 4.71. The standard InChI is InChI=1S/C21H34N2O2/c1-14(2)17-9-8-15(3)10-18(17)25-13-19(24)22-16-11-20(4,5)23-21(6,7)12-16/h8-10,14,16,23H,11-13H2,1-7H3,(H,22,24). The summed E-state index contributed by atoms with van der Waals surface area (Å²) in [6.45, 7) is 15.1. The van der Waals surface area contributed by atoms with Gasteiger partial charge in [-0.2, -0.15) is 0 Å². The van der Waals surface area contributed by atoms with Gasteiger partial charge in [-0.1, -0.05) is 26.0 Å². The summed E-state index contributed by atoms with van der Waals surface area (Å²) < 4.78 is 5.86. The number of piperidine rings is 1. The minimum absolute atomic E-state index is 0.0158. The molecule has 1 saturated heterocycles. The van der Waals surface area contributed by atoms with Crippen LogP contribution in [0.25, 0.3) is 0 Å². The summed E-state index contributed by atoms with van der Waals surface area (Å²) in [6.07, 6.45) is 1.84. The number of ether oxygens (including phenoxy) is 1. The Hall–Kier alpha value is -1.55. The van der Waals surface area contributed by atoms with Gasteiger partial charge >= 0.3 is 0 Å². The van der Waals surface area contributed by atoms with Crippen molar-refractivity contribution in [1.82, 2.24) is 10.6 Å². The SMILES string of the molecule is Cc1ccc(C(C)C)c(OCC(=O)NC2CC(C)(C)NC(C)(C)C2)c1. The van der Waals surface area contributed by atoms with Gasteiger partial charge in [-0.15, -0.1) is 0 Å². The minimum Gasteiger partial charge on any atom is -0.483 e. The van der Waals surface area contributed by atoms with Gasteiger partial charge in [0.1, 0.15) is 5.75 Å². The molecule has 4 heteroatoms. The van der Waals surface area contributed by atoms with Crippen LogP contribution in [0.3, 0.4) is 0 Å². The van der Waals surface area contributed by atoms with Crippen molar-refractivity contribution < 1.29 is 9.53 Å². The molecule has 2 rings (SSSR count). The molecule has 0 radical (unpaired) electrons. The van der Waals surface area contributed by atoms with Crippen molar-refractivity contribution in [1.29, 1.82) is 0 Å². The topological polar surface area (TPSA) is 50.4 Å². The maximum atomic E-state index is 12.4. The molecule has 0 atom stereocenters. The summed E-state index contributed by atoms with van der Waals surface area (Å²) in [6, 6.07) is 6.36. The van der Waals surface area contributed by atoms with Crippen LogP contribution in [0.2, 0.25) is 0 Å². The van der Waals surface area contributed by atoms with E-state index in [4.69, 9.17) is 4.74 Å². The number of benzene rings is 1. The van der Waals surface area contributed by atoms with Crippen molar-refractivity contribution in [3.63, 3.8) is 0 Å². The van der Waals surface area contributed by atoms with Crippen LogP contribution in [0.1, 0.15) is 71.4 Å². The van der Waals surface area contributed by atoms with E-state index in [-0.39, 0.29) is 29.6 Å². The van der Waals surface area contributed by atoms with E-state index >= 15 is 0 Å². The van der Waals surface area contributed by atoms with Crippen LogP contribution in [-0.2, 0) is 4.79 Å². The van der Waals surface area contributed by atoms with Crippen LogP contribution in [0.5, 0.6) is 5.75 Å². The molecule has 0 bridgehead atoms. The zero-order valence-corrected chi connectivity index (χ0v) is 16.8. The van der Waals surface area contributed by atoms with Crippen molar-refractivity contribution in [2.24, 2.45) is 0 Å². The van der Waals surface area contributed by atoms with E-state index in [0.29, 0.717) is 5.92 Å². The van der Waals surface area contributed by atoms with Crippen molar-refractivity contribution in [3.8, 4) is 5.75 Å². The van der Waals surface area contributed by atoms with Crippen molar-refractivity contribution in [2.75, 3.05) is 6.61 Å². The molecule has 1 heterocycles. The third kappa shape index (κ3) is 5.74. The highest BCUT2D eigenvalue weighted by Gasteiger charge is 2.38. The molecule has 1 fully saturated rings. The van der Waals surface area contributed by atoms with Crippen LogP contribution in [0, 0.1) is 6.92 Å². The zero-order valence-electron chi connectivity index (χ0n) is 16.8. The number of hydrogen-bond donors (Lipinski definition) is 2. The van der Waals surface area contributed by atoms with Gasteiger partial charge in [0.25, 0.3) is 5.91 Å². The largest absolute Gasteiger partial charge is 0.483 e. The number of carbonyl (C=O) groups excluding carboxylic acids is 1. The van der Waals surface area contributed by atoms with Crippen LogP contribution in [-0.4, -0.2) is 29.6 Å². The Bertz CT molecular complexity index is 604. The average Bonchev–Trinajstić information content (AvgIpc) is 2.41. The molecule has 1 aromatic carbocycles. The Kier molecular flexibility index (Phi) is 5.82. The zero-order chi connectivity index (χ0) is 18.8. The Morgan fingerprint density at radius 1 is 1.24 bits per heavy atom. The second kappa shape index (κ2) is 7.36. The molecular weight excluding hydrogens is 312 g/mol. The minimum atomic E-state index is -0.0466. The highest BCUT2D eigenvalue weighted by atomic mass is 16.5. The maximum Gasteiger partial charge on any atom is 0.258 e. The summed E-state index contributed by atoms with van der Waals surface area (Å²) in [7, 11) is 0. The Morgan fingerprint density at radius 2 is 1.84 bits per heavy atom. The molecule has 1 aliphatic rings. The van der Waals surface area contributed by atoms with E-state index in [1.54, 1.807) is 0 Å². The van der Waals surface area contributed by atoms with E-state index < -0.39 is 0 Å². The Labute approximate surface area is 152 Å². The molecule has 0 unspecified atom stereocenters. The molecule has 25 heavy (non-hydrogen) atoms. The first kappa shape index (κ1) is 19.8. The fraction of sp³-hybridized carbons (Fsp3) is 0.667. The molecule has 1 amide bonds. The van der Waals surface area contributed by atoms with E-state index in [9.17, 15) is 4.79 Å². The quantitative estimate of drug-likeness (QED) is 0.849. The second-order valence-electron chi connectivity index (χ2n) is 9.05. The van der Waals surface area contributed by atoms with Crippen LogP contribution in [0.15, 0.2) is 18.2 Å². The Balaban J connectivity index is 1.96.